The molecule has 2 atom stereocenters. The normalized spacial score (nSPS) is 14.5. The van der Waals surface area contributed by atoms with E-state index < -0.39 is 0 Å². The molecule has 1 aliphatic carbocycles. The van der Waals surface area contributed by atoms with Crippen LogP contribution in [-0.2, 0) is 38.9 Å². The molecule has 12 heteroatoms. The van der Waals surface area contributed by atoms with Crippen LogP contribution in [0.4, 0.5) is 17.1 Å². The Hall–Kier alpha value is -9.24. The van der Waals surface area contributed by atoms with Gasteiger partial charge in [0, 0.05) is 76.6 Å². The highest BCUT2D eigenvalue weighted by Crippen LogP contribution is 2.60. The van der Waals surface area contributed by atoms with Crippen LogP contribution in [0.1, 0.15) is 221 Å². The molecule has 6 nitrogen and oxygen atoms in total. The zero-order valence-corrected chi connectivity index (χ0v) is 87.9. The van der Waals surface area contributed by atoms with E-state index in [1.807, 2.05) is 12.1 Å². The van der Waals surface area contributed by atoms with E-state index in [1.165, 1.54) is 113 Å². The van der Waals surface area contributed by atoms with E-state index in [4.69, 9.17) is 20.2 Å². The van der Waals surface area contributed by atoms with Crippen molar-refractivity contribution in [3.63, 3.8) is 0 Å². The number of fused-ring (bicyclic) bond motifs is 6. The van der Waals surface area contributed by atoms with Crippen molar-refractivity contribution in [3.05, 3.63) is 351 Å². The Morgan fingerprint density at radius 1 is 0.315 bits per heavy atom. The lowest BCUT2D eigenvalue weighted by molar-refractivity contribution is 0.207. The third kappa shape index (κ3) is 20.6. The molecule has 13 aromatic carbocycles. The van der Waals surface area contributed by atoms with Gasteiger partial charge in [-0.25, -0.2) is 9.97 Å². The fraction of sp³-hybridized carbons (Fsp3) is 0.288. The minimum atomic E-state index is -0.129. The first-order valence-corrected chi connectivity index (χ1v) is 51.1. The molecule has 17 rings (SSSR count). The first kappa shape index (κ1) is 95.4. The van der Waals surface area contributed by atoms with Gasteiger partial charge in [-0.1, -0.05) is 341 Å². The molecular weight excluding hydrogens is 1980 g/mol. The number of unbranched alkanes of at least 4 members (excludes halogenated alkanes) is 3. The van der Waals surface area contributed by atoms with Gasteiger partial charge in [0.15, 0.2) is 0 Å². The van der Waals surface area contributed by atoms with E-state index in [0.717, 1.165) is 157 Å². The number of nitrogens with zero attached hydrogens (tertiary/aromatic N) is 6. The van der Waals surface area contributed by atoms with E-state index in [1.54, 1.807) is 4.80 Å². The molecule has 664 valence electrons. The van der Waals surface area contributed by atoms with Gasteiger partial charge >= 0.3 is 0 Å². The van der Waals surface area contributed by atoms with Crippen molar-refractivity contribution in [1.82, 2.24) is 25.0 Å². The maximum Gasteiger partial charge on any atom is 0.129 e. The van der Waals surface area contributed by atoms with Gasteiger partial charge in [-0.2, -0.15) is 4.80 Å². The van der Waals surface area contributed by atoms with Gasteiger partial charge in [0.2, 0.25) is 0 Å². The lowest BCUT2D eigenvalue weighted by Crippen LogP contribution is -2.48. The van der Waals surface area contributed by atoms with E-state index in [9.17, 15) is 0 Å². The van der Waals surface area contributed by atoms with E-state index in [0.29, 0.717) is 0 Å². The average molecular weight is 2100 g/mol. The number of halogens is 6. The van der Waals surface area contributed by atoms with Crippen LogP contribution in [-0.4, -0.2) is 25.0 Å². The SMILES string of the molecule is CCC(C)(C)c1cc(-n2nc3c(Br)ccc(Br)c3n2)cc(C(C)(C)CC)c1.CCCCC1(C)c2cc(-c3ccc4nc(-c5ccc(Br)cc5)cc(-c5ccc(C(C)(C)C)cc5)c4c3)ccc2-c2ccc(-c3ccc4nc(-c5ccc(Br)cc5)cc(-c5ccc(C(C)(C)C)cc5)c4c3)cc2C1(C)CCCC.CCCCc1ccc(N(c2ccc(Br)cc2)c2ccc(Br)cc2)cc1. The lowest BCUT2D eigenvalue weighted by atomic mass is 9.50. The highest BCUT2D eigenvalue weighted by atomic mass is 79.9. The standard InChI is InChI=1S/C74H72Br2N2.C22H27Br2N3.C22H21Br2N/c1-11-13-39-73(9)65-43-53(51-25-37-67-63(41-51)61(47-15-27-55(28-16-47)71(3,4)5)45-69(77-67)49-19-31-57(75)32-20-49)23-35-59(65)60-36-24-54(44-66(60)74(73,10)40-14-12-2)52-26-38-68-64(42-52)62(48-17-29-56(30-18-48)72(6,7)8)46-70(78-68)50-21-33-58(76)34-22-50;1-7-21(3,4)14-11-15(22(5,6)8-2)13-16(12-14)27-25-19-17(23)9-10-18(24)20(19)26-27;1-2-3-4-17-5-11-20(12-6-17)25(21-13-7-18(23)8-14-21)22-15-9-19(24)10-16-22/h15-38,41-46H,11-14,39-40H2,1-10H3;9-13H,7-8H2,1-6H3;5-16H,2-4H2,1H3. The third-order valence-corrected chi connectivity index (χ3v) is 31.0. The second kappa shape index (κ2) is 39.9. The molecule has 130 heavy (non-hydrogen) atoms. The van der Waals surface area contributed by atoms with Crippen molar-refractivity contribution < 1.29 is 0 Å². The summed E-state index contributed by atoms with van der Waals surface area (Å²) >= 11 is 21.5. The monoisotopic (exact) mass is 2090 g/mol. The second-order valence-electron chi connectivity index (χ2n) is 39.2. The Kier molecular flexibility index (Phi) is 29.3. The minimum absolute atomic E-state index is 0.0641. The fourth-order valence-corrected chi connectivity index (χ4v) is 20.1. The topological polar surface area (TPSA) is 59.7 Å². The molecule has 0 saturated carbocycles. The first-order chi connectivity index (χ1) is 62.1. The van der Waals surface area contributed by atoms with E-state index in [2.05, 4.69) is 491 Å². The lowest BCUT2D eigenvalue weighted by Gasteiger charge is -2.53. The Bertz CT molecular complexity index is 6350. The van der Waals surface area contributed by atoms with Crippen molar-refractivity contribution in [2.45, 2.75) is 221 Å². The number of rotatable bonds is 23. The van der Waals surface area contributed by atoms with Crippen molar-refractivity contribution in [2.75, 3.05) is 4.90 Å². The first-order valence-electron chi connectivity index (χ1n) is 46.3. The van der Waals surface area contributed by atoms with Crippen LogP contribution in [0.3, 0.4) is 0 Å². The van der Waals surface area contributed by atoms with Gasteiger partial charge in [-0.3, -0.25) is 0 Å². The van der Waals surface area contributed by atoms with Crippen LogP contribution in [0.25, 0.3) is 117 Å². The number of hydrogen-bond donors (Lipinski definition) is 0. The molecule has 0 radical (unpaired) electrons. The highest BCUT2D eigenvalue weighted by molar-refractivity contribution is 9.11. The predicted molar refractivity (Wildman–Crippen MR) is 578 cm³/mol. The summed E-state index contributed by atoms with van der Waals surface area (Å²) in [4.78, 5) is 14.7. The largest absolute Gasteiger partial charge is 0.311 e. The van der Waals surface area contributed by atoms with Crippen LogP contribution < -0.4 is 4.90 Å². The third-order valence-electron chi connectivity index (χ3n) is 27.6. The fourth-order valence-electron chi connectivity index (χ4n) is 18.2. The Balaban J connectivity index is 0.000000201. The number of aryl methyl sites for hydroxylation is 1. The summed E-state index contributed by atoms with van der Waals surface area (Å²) in [6.07, 6.45) is 12.6. The van der Waals surface area contributed by atoms with Crippen molar-refractivity contribution >= 4 is 145 Å². The van der Waals surface area contributed by atoms with Crippen LogP contribution in [0.5, 0.6) is 0 Å². The summed E-state index contributed by atoms with van der Waals surface area (Å²) in [5, 5.41) is 11.9. The predicted octanol–water partition coefficient (Wildman–Crippen LogP) is 37.8. The summed E-state index contributed by atoms with van der Waals surface area (Å²) in [5.74, 6) is 0. The molecule has 16 aromatic rings. The molecule has 0 spiro atoms. The number of pyridine rings is 2. The summed E-state index contributed by atoms with van der Waals surface area (Å²) < 4.78 is 6.19. The summed E-state index contributed by atoms with van der Waals surface area (Å²) in [6.45, 7) is 39.5. The molecule has 2 unspecified atom stereocenters. The van der Waals surface area contributed by atoms with Crippen LogP contribution in [0.15, 0.2) is 312 Å². The molecule has 0 aliphatic heterocycles. The maximum atomic E-state index is 5.32. The molecule has 1 aliphatic rings. The van der Waals surface area contributed by atoms with Gasteiger partial charge < -0.3 is 4.90 Å². The van der Waals surface area contributed by atoms with E-state index >= 15 is 0 Å². The van der Waals surface area contributed by atoms with Gasteiger partial charge in [-0.05, 0) is 344 Å². The molecule has 0 amide bonds. The molecule has 3 aromatic heterocycles. The maximum absolute atomic E-state index is 5.32. The Morgan fingerprint density at radius 3 is 1.00 bits per heavy atom. The molecule has 0 fully saturated rings. The second-order valence-corrected chi connectivity index (χ2v) is 44.5. The van der Waals surface area contributed by atoms with Gasteiger partial charge in [0.05, 0.1) is 28.1 Å². The Morgan fingerprint density at radius 2 is 0.646 bits per heavy atom. The smallest absolute Gasteiger partial charge is 0.129 e. The van der Waals surface area contributed by atoms with Crippen LogP contribution in [0, 0.1) is 0 Å². The number of benzene rings is 13. The molecule has 0 saturated heterocycles. The summed E-state index contributed by atoms with van der Waals surface area (Å²) in [6, 6.07) is 105. The Labute approximate surface area is 823 Å². The number of anilines is 3. The van der Waals surface area contributed by atoms with Crippen molar-refractivity contribution in [2.24, 2.45) is 0 Å². The van der Waals surface area contributed by atoms with Gasteiger partial charge in [-0.15, -0.1) is 10.2 Å². The average Bonchev–Trinajstić information content (AvgIpc) is 0.815. The number of aromatic nitrogens is 5. The van der Waals surface area contributed by atoms with Crippen molar-refractivity contribution in [3.8, 4) is 83.8 Å². The van der Waals surface area contributed by atoms with Crippen LogP contribution in [0.2, 0.25) is 0 Å². The quantitative estimate of drug-likeness (QED) is 0.0639. The minimum Gasteiger partial charge on any atom is -0.311 e. The van der Waals surface area contributed by atoms with E-state index in [-0.39, 0.29) is 32.5 Å². The highest BCUT2D eigenvalue weighted by Gasteiger charge is 2.51. The van der Waals surface area contributed by atoms with Gasteiger partial charge in [0.25, 0.3) is 0 Å². The van der Waals surface area contributed by atoms with Crippen LogP contribution >= 0.6 is 95.6 Å². The molecule has 0 bridgehead atoms. The zero-order chi connectivity index (χ0) is 92.4. The molecule has 3 heterocycles. The zero-order valence-electron chi connectivity index (χ0n) is 78.4. The summed E-state index contributed by atoms with van der Waals surface area (Å²) in [5.41, 5.74) is 34.5. The molecular formula is C118H120Br6N6. The van der Waals surface area contributed by atoms with Gasteiger partial charge in [0.1, 0.15) is 11.0 Å². The number of hydrogen-bond acceptors (Lipinski definition) is 5. The van der Waals surface area contributed by atoms with Crippen molar-refractivity contribution in [1.29, 1.82) is 0 Å². The molecule has 0 N–H and O–H groups in total. The summed E-state index contributed by atoms with van der Waals surface area (Å²) in [7, 11) is 0.